The smallest absolute Gasteiger partial charge is 0.276 e. The van der Waals surface area contributed by atoms with E-state index in [-0.39, 0.29) is 5.91 Å². The van der Waals surface area contributed by atoms with Gasteiger partial charge in [-0.1, -0.05) is 24.3 Å². The number of imidazole rings is 1. The van der Waals surface area contributed by atoms with Crippen LogP contribution in [0.5, 0.6) is 0 Å². The Labute approximate surface area is 154 Å². The first kappa shape index (κ1) is 15.3. The highest BCUT2D eigenvalue weighted by Crippen LogP contribution is 2.23. The molecule has 0 atom stereocenters. The van der Waals surface area contributed by atoms with Crippen molar-refractivity contribution in [1.82, 2.24) is 19.6 Å². The van der Waals surface area contributed by atoms with Crippen LogP contribution in [0, 0.1) is 0 Å². The number of hydrogen-bond donors (Lipinski definition) is 2. The summed E-state index contributed by atoms with van der Waals surface area (Å²) in [6, 6.07) is 21.2. The standard InChI is InChI=1S/C21H15N5O/c27-21(24-16-4-2-1-3-5-16)19-13-23-20-9-8-18(25-26(19)20)14-6-7-17-15(12-14)10-11-22-17/h1-13,22H,(H,24,27). The van der Waals surface area contributed by atoms with Gasteiger partial charge >= 0.3 is 0 Å². The number of para-hydroxylation sites is 1. The Bertz CT molecular complexity index is 1270. The number of aromatic amines is 1. The number of nitrogens with one attached hydrogen (secondary N) is 2. The molecule has 0 aliphatic carbocycles. The van der Waals surface area contributed by atoms with Crippen LogP contribution >= 0.6 is 0 Å². The van der Waals surface area contributed by atoms with E-state index in [1.54, 1.807) is 10.7 Å². The number of H-pyrrole nitrogens is 1. The van der Waals surface area contributed by atoms with E-state index in [9.17, 15) is 4.79 Å². The van der Waals surface area contributed by atoms with Gasteiger partial charge < -0.3 is 10.3 Å². The minimum Gasteiger partial charge on any atom is -0.361 e. The first-order chi connectivity index (χ1) is 13.3. The summed E-state index contributed by atoms with van der Waals surface area (Å²) >= 11 is 0. The molecule has 0 saturated carbocycles. The fourth-order valence-electron chi connectivity index (χ4n) is 3.11. The Morgan fingerprint density at radius 3 is 2.78 bits per heavy atom. The van der Waals surface area contributed by atoms with E-state index >= 15 is 0 Å². The molecule has 5 aromatic rings. The van der Waals surface area contributed by atoms with Crippen LogP contribution in [0.3, 0.4) is 0 Å². The molecule has 0 unspecified atom stereocenters. The Balaban J connectivity index is 1.55. The van der Waals surface area contributed by atoms with Crippen molar-refractivity contribution in [2.75, 3.05) is 5.32 Å². The van der Waals surface area contributed by atoms with Gasteiger partial charge in [-0.05, 0) is 42.5 Å². The first-order valence-electron chi connectivity index (χ1n) is 8.57. The van der Waals surface area contributed by atoms with Crippen LogP contribution in [-0.2, 0) is 0 Å². The number of rotatable bonds is 3. The molecule has 0 aliphatic rings. The molecule has 6 nitrogen and oxygen atoms in total. The average Bonchev–Trinajstić information content (AvgIpc) is 3.34. The summed E-state index contributed by atoms with van der Waals surface area (Å²) in [7, 11) is 0. The van der Waals surface area contributed by atoms with Gasteiger partial charge in [-0.2, -0.15) is 5.10 Å². The second-order valence-corrected chi connectivity index (χ2v) is 6.23. The quantitative estimate of drug-likeness (QED) is 0.512. The molecule has 0 bridgehead atoms. The van der Waals surface area contributed by atoms with Crippen LogP contribution in [0.25, 0.3) is 27.8 Å². The molecule has 0 aliphatic heterocycles. The van der Waals surface area contributed by atoms with Crippen molar-refractivity contribution < 1.29 is 4.79 Å². The molecule has 2 N–H and O–H groups in total. The lowest BCUT2D eigenvalue weighted by Crippen LogP contribution is -2.15. The molecule has 0 fully saturated rings. The third-order valence-corrected chi connectivity index (χ3v) is 4.48. The number of amides is 1. The number of anilines is 1. The van der Waals surface area contributed by atoms with Gasteiger partial charge in [0.1, 0.15) is 0 Å². The molecule has 2 aromatic carbocycles. The Kier molecular flexibility index (Phi) is 3.47. The molecule has 0 spiro atoms. The molecule has 130 valence electrons. The van der Waals surface area contributed by atoms with Crippen molar-refractivity contribution in [3.63, 3.8) is 0 Å². The van der Waals surface area contributed by atoms with Crippen molar-refractivity contribution in [1.29, 1.82) is 0 Å². The van der Waals surface area contributed by atoms with E-state index in [1.165, 1.54) is 0 Å². The third kappa shape index (κ3) is 2.73. The summed E-state index contributed by atoms with van der Waals surface area (Å²) in [6.45, 7) is 0. The molecule has 6 heteroatoms. The zero-order valence-electron chi connectivity index (χ0n) is 14.3. The van der Waals surface area contributed by atoms with E-state index in [2.05, 4.69) is 26.4 Å². The number of aromatic nitrogens is 4. The summed E-state index contributed by atoms with van der Waals surface area (Å²) in [5.41, 5.74) is 4.57. The lowest BCUT2D eigenvalue weighted by atomic mass is 10.1. The number of carbonyl (C=O) groups excluding carboxylic acids is 1. The van der Waals surface area contributed by atoms with Crippen molar-refractivity contribution in [3.05, 3.63) is 84.8 Å². The van der Waals surface area contributed by atoms with Crippen molar-refractivity contribution in [2.45, 2.75) is 0 Å². The summed E-state index contributed by atoms with van der Waals surface area (Å²) in [5, 5.41) is 8.63. The first-order valence-corrected chi connectivity index (χ1v) is 8.57. The molecule has 0 saturated heterocycles. The van der Waals surface area contributed by atoms with Crippen molar-refractivity contribution >= 4 is 28.1 Å². The Hall–Kier alpha value is -3.93. The minimum atomic E-state index is -0.251. The van der Waals surface area contributed by atoms with Crippen molar-refractivity contribution in [3.8, 4) is 11.3 Å². The third-order valence-electron chi connectivity index (χ3n) is 4.48. The fraction of sp³-hybridized carbons (Fsp3) is 0. The van der Waals surface area contributed by atoms with Gasteiger partial charge in [0, 0.05) is 28.4 Å². The van der Waals surface area contributed by atoms with Crippen molar-refractivity contribution in [2.24, 2.45) is 0 Å². The minimum absolute atomic E-state index is 0.251. The molecule has 0 radical (unpaired) electrons. The van der Waals surface area contributed by atoms with E-state index < -0.39 is 0 Å². The fourth-order valence-corrected chi connectivity index (χ4v) is 3.11. The topological polar surface area (TPSA) is 75.1 Å². The van der Waals surface area contributed by atoms with Crippen LogP contribution in [0.1, 0.15) is 10.5 Å². The lowest BCUT2D eigenvalue weighted by Gasteiger charge is -2.06. The zero-order valence-corrected chi connectivity index (χ0v) is 14.3. The Morgan fingerprint density at radius 1 is 1.00 bits per heavy atom. The summed E-state index contributed by atoms with van der Waals surface area (Å²) in [5.74, 6) is -0.251. The maximum absolute atomic E-state index is 12.7. The SMILES string of the molecule is O=C(Nc1ccccc1)c1cnc2ccc(-c3ccc4[nH]ccc4c3)nn12. The maximum atomic E-state index is 12.7. The predicted molar refractivity (Wildman–Crippen MR) is 105 cm³/mol. The monoisotopic (exact) mass is 353 g/mol. The van der Waals surface area contributed by atoms with Crippen LogP contribution in [0.2, 0.25) is 0 Å². The highest BCUT2D eigenvalue weighted by Gasteiger charge is 2.14. The predicted octanol–water partition coefficient (Wildman–Crippen LogP) is 4.13. The normalized spacial score (nSPS) is 11.1. The van der Waals surface area contributed by atoms with E-state index in [0.29, 0.717) is 11.3 Å². The number of hydrogen-bond acceptors (Lipinski definition) is 3. The van der Waals surface area contributed by atoms with E-state index in [0.717, 1.165) is 27.8 Å². The van der Waals surface area contributed by atoms with E-state index in [4.69, 9.17) is 0 Å². The van der Waals surface area contributed by atoms with Crippen LogP contribution in [0.4, 0.5) is 5.69 Å². The van der Waals surface area contributed by atoms with Crippen LogP contribution in [0.15, 0.2) is 79.1 Å². The van der Waals surface area contributed by atoms with E-state index in [1.807, 2.05) is 66.9 Å². The highest BCUT2D eigenvalue weighted by molar-refractivity contribution is 6.03. The highest BCUT2D eigenvalue weighted by atomic mass is 16.2. The summed E-state index contributed by atoms with van der Waals surface area (Å²) in [6.07, 6.45) is 3.45. The largest absolute Gasteiger partial charge is 0.361 e. The number of nitrogens with zero attached hydrogens (tertiary/aromatic N) is 3. The van der Waals surface area contributed by atoms with Crippen LogP contribution < -0.4 is 5.32 Å². The molecule has 1 amide bonds. The number of carbonyl (C=O) groups is 1. The zero-order chi connectivity index (χ0) is 18.2. The van der Waals surface area contributed by atoms with Gasteiger partial charge in [-0.3, -0.25) is 4.79 Å². The second kappa shape index (κ2) is 6.10. The number of fused-ring (bicyclic) bond motifs is 2. The number of benzene rings is 2. The molecule has 5 rings (SSSR count). The van der Waals surface area contributed by atoms with Gasteiger partial charge in [0.25, 0.3) is 5.91 Å². The maximum Gasteiger partial charge on any atom is 0.276 e. The molecular weight excluding hydrogens is 338 g/mol. The molecule has 3 aromatic heterocycles. The molecule has 27 heavy (non-hydrogen) atoms. The second-order valence-electron chi connectivity index (χ2n) is 6.23. The molecular formula is C21H15N5O. The average molecular weight is 353 g/mol. The Morgan fingerprint density at radius 2 is 1.89 bits per heavy atom. The lowest BCUT2D eigenvalue weighted by molar-refractivity contribution is 0.102. The van der Waals surface area contributed by atoms with Gasteiger partial charge in [-0.15, -0.1) is 0 Å². The van der Waals surface area contributed by atoms with Gasteiger partial charge in [0.15, 0.2) is 11.3 Å². The van der Waals surface area contributed by atoms with Gasteiger partial charge in [-0.25, -0.2) is 9.50 Å². The van der Waals surface area contributed by atoms with Gasteiger partial charge in [0.2, 0.25) is 0 Å². The summed E-state index contributed by atoms with van der Waals surface area (Å²) < 4.78 is 1.58. The summed E-state index contributed by atoms with van der Waals surface area (Å²) in [4.78, 5) is 20.1. The van der Waals surface area contributed by atoms with Crippen LogP contribution in [-0.4, -0.2) is 25.5 Å². The molecule has 3 heterocycles. The van der Waals surface area contributed by atoms with Gasteiger partial charge in [0.05, 0.1) is 11.9 Å².